The fourth-order valence-corrected chi connectivity index (χ4v) is 6.41. The molecule has 1 heterocycles. The van der Waals surface area contributed by atoms with Gasteiger partial charge in [0.05, 0.1) is 10.6 Å². The highest BCUT2D eigenvalue weighted by molar-refractivity contribution is 7.93. The van der Waals surface area contributed by atoms with Gasteiger partial charge in [0.15, 0.2) is 0 Å². The highest BCUT2D eigenvalue weighted by Gasteiger charge is 2.35. The molecule has 0 saturated heterocycles. The zero-order valence-electron chi connectivity index (χ0n) is 22.1. The van der Waals surface area contributed by atoms with Crippen LogP contribution in [0, 0.1) is 6.92 Å². The lowest BCUT2D eigenvalue weighted by molar-refractivity contribution is -0.141. The van der Waals surface area contributed by atoms with E-state index < -0.39 is 21.6 Å². The molecule has 0 fully saturated rings. The van der Waals surface area contributed by atoms with Gasteiger partial charge in [-0.1, -0.05) is 54.1 Å². The van der Waals surface area contributed by atoms with Gasteiger partial charge in [0.25, 0.3) is 10.0 Å². The lowest BCUT2D eigenvalue weighted by atomic mass is 10.1. The Morgan fingerprint density at radius 2 is 1.65 bits per heavy atom. The van der Waals surface area contributed by atoms with Gasteiger partial charge in [-0.25, -0.2) is 8.42 Å². The summed E-state index contributed by atoms with van der Waals surface area (Å²) in [7, 11) is -3.68. The number of rotatable bonds is 8. The first-order chi connectivity index (χ1) is 17.4. The first-order valence-corrected chi connectivity index (χ1v) is 14.0. The van der Waals surface area contributed by atoms with Crippen LogP contribution in [0.3, 0.4) is 0 Å². The van der Waals surface area contributed by atoms with E-state index in [1.165, 1.54) is 4.31 Å². The van der Waals surface area contributed by atoms with Gasteiger partial charge in [-0.05, 0) is 64.1 Å². The van der Waals surface area contributed by atoms with Gasteiger partial charge < -0.3 is 10.2 Å². The number of nitrogens with zero attached hydrogens (tertiary/aromatic N) is 2. The van der Waals surface area contributed by atoms with Gasteiger partial charge in [0, 0.05) is 30.4 Å². The molecule has 0 aromatic heterocycles. The molecule has 1 unspecified atom stereocenters. The predicted molar refractivity (Wildman–Crippen MR) is 147 cm³/mol. The van der Waals surface area contributed by atoms with Crippen molar-refractivity contribution in [1.29, 1.82) is 0 Å². The maximum absolute atomic E-state index is 13.4. The van der Waals surface area contributed by atoms with E-state index in [1.54, 1.807) is 30.0 Å². The Morgan fingerprint density at radius 1 is 1.00 bits per heavy atom. The first-order valence-electron chi connectivity index (χ1n) is 12.6. The molecule has 0 spiro atoms. The summed E-state index contributed by atoms with van der Waals surface area (Å²) in [5.74, 6) is -0.415. The molecule has 37 heavy (non-hydrogen) atoms. The van der Waals surface area contributed by atoms with Crippen LogP contribution in [0.5, 0.6) is 0 Å². The van der Waals surface area contributed by atoms with Gasteiger partial charge in [0.2, 0.25) is 11.8 Å². The van der Waals surface area contributed by atoms with E-state index in [2.05, 4.69) is 5.32 Å². The molecule has 3 aromatic rings. The fourth-order valence-electron chi connectivity index (χ4n) is 4.66. The van der Waals surface area contributed by atoms with Crippen molar-refractivity contribution in [3.8, 4) is 0 Å². The number of hydrogen-bond donors (Lipinski definition) is 1. The Kier molecular flexibility index (Phi) is 7.33. The summed E-state index contributed by atoms with van der Waals surface area (Å²) in [5.41, 5.74) is 2.26. The number of sulfonamides is 1. The third kappa shape index (κ3) is 5.64. The maximum atomic E-state index is 13.4. The number of carbonyl (C=O) groups is 2. The number of nitrogens with one attached hydrogen (secondary N) is 1. The van der Waals surface area contributed by atoms with Gasteiger partial charge in [-0.3, -0.25) is 13.9 Å². The molecular weight excluding hydrogens is 486 g/mol. The van der Waals surface area contributed by atoms with Crippen LogP contribution in [-0.2, 0) is 26.2 Å². The third-order valence-electron chi connectivity index (χ3n) is 6.57. The van der Waals surface area contributed by atoms with Crippen molar-refractivity contribution in [1.82, 2.24) is 10.2 Å². The monoisotopic (exact) mass is 521 g/mol. The van der Waals surface area contributed by atoms with Crippen LogP contribution in [-0.4, -0.2) is 43.3 Å². The molecule has 0 radical (unpaired) electrons. The fraction of sp³-hybridized carbons (Fsp3) is 0.379. The lowest BCUT2D eigenvalue weighted by Gasteiger charge is -2.31. The largest absolute Gasteiger partial charge is 0.350 e. The van der Waals surface area contributed by atoms with Crippen molar-refractivity contribution < 1.29 is 18.0 Å². The van der Waals surface area contributed by atoms with Crippen molar-refractivity contribution >= 4 is 38.3 Å². The molecule has 7 nitrogen and oxygen atoms in total. The Balaban J connectivity index is 1.50. The van der Waals surface area contributed by atoms with Crippen molar-refractivity contribution in [2.45, 2.75) is 70.5 Å². The maximum Gasteiger partial charge on any atom is 0.265 e. The first kappa shape index (κ1) is 26.7. The van der Waals surface area contributed by atoms with E-state index >= 15 is 0 Å². The minimum absolute atomic E-state index is 0.122. The number of anilines is 1. The second-order valence-electron chi connectivity index (χ2n) is 10.7. The van der Waals surface area contributed by atoms with Gasteiger partial charge in [-0.2, -0.15) is 0 Å². The van der Waals surface area contributed by atoms with E-state index in [-0.39, 0.29) is 24.8 Å². The van der Waals surface area contributed by atoms with Gasteiger partial charge >= 0.3 is 0 Å². The number of carbonyl (C=O) groups excluding carboxylic acids is 2. The Morgan fingerprint density at radius 3 is 2.30 bits per heavy atom. The second kappa shape index (κ2) is 10.2. The van der Waals surface area contributed by atoms with E-state index in [0.717, 1.165) is 21.9 Å². The van der Waals surface area contributed by atoms with E-state index in [9.17, 15) is 18.0 Å². The molecule has 1 N–H and O–H groups in total. The highest BCUT2D eigenvalue weighted by Crippen LogP contribution is 2.42. The average Bonchev–Trinajstić information content (AvgIpc) is 3.05. The molecule has 1 aliphatic heterocycles. The van der Waals surface area contributed by atoms with Crippen molar-refractivity contribution in [2.24, 2.45) is 0 Å². The van der Waals surface area contributed by atoms with Crippen LogP contribution in [0.15, 0.2) is 65.6 Å². The molecule has 2 amide bonds. The molecule has 3 aromatic carbocycles. The molecule has 1 aliphatic rings. The molecule has 0 aliphatic carbocycles. The molecule has 0 saturated carbocycles. The topological polar surface area (TPSA) is 86.8 Å². The molecule has 1 atom stereocenters. The average molecular weight is 522 g/mol. The summed E-state index contributed by atoms with van der Waals surface area (Å²) in [6, 6.07) is 18.0. The Hall–Kier alpha value is -3.39. The summed E-state index contributed by atoms with van der Waals surface area (Å²) >= 11 is 0. The zero-order chi connectivity index (χ0) is 27.0. The number of hydrogen-bond acceptors (Lipinski definition) is 4. The second-order valence-corrected chi connectivity index (χ2v) is 12.6. The highest BCUT2D eigenvalue weighted by atomic mass is 32.2. The zero-order valence-corrected chi connectivity index (χ0v) is 22.9. The molecular formula is C29H35N3O4S. The molecule has 8 heteroatoms. The van der Waals surface area contributed by atoms with Crippen LogP contribution >= 0.6 is 0 Å². The van der Waals surface area contributed by atoms with E-state index in [4.69, 9.17) is 0 Å². The SMILES string of the molecule is Cc1ccc(CN(C(=O)CCCN2c3cccc4cccc(c34)S2(=O)=O)C(C)C(=O)NC(C)(C)C)cc1. The normalized spacial score (nSPS) is 15.0. The number of benzene rings is 3. The molecule has 4 rings (SSSR count). The lowest BCUT2D eigenvalue weighted by Crippen LogP contribution is -2.52. The summed E-state index contributed by atoms with van der Waals surface area (Å²) in [4.78, 5) is 28.3. The van der Waals surface area contributed by atoms with Crippen molar-refractivity contribution in [3.63, 3.8) is 0 Å². The van der Waals surface area contributed by atoms with Crippen LogP contribution in [0.2, 0.25) is 0 Å². The standard InChI is InChI=1S/C29H35N3O4S/c1-20-14-16-22(17-15-20)19-31(21(2)28(34)30-29(3,4)5)26(33)13-8-18-32-24-11-6-9-23-10-7-12-25(27(23)24)37(32,35)36/h6-7,9-12,14-17,21H,8,13,18-19H2,1-5H3,(H,30,34). The van der Waals surface area contributed by atoms with E-state index in [0.29, 0.717) is 23.5 Å². The predicted octanol–water partition coefficient (Wildman–Crippen LogP) is 4.77. The van der Waals surface area contributed by atoms with Crippen LogP contribution in [0.4, 0.5) is 5.69 Å². The van der Waals surface area contributed by atoms with Crippen LogP contribution < -0.4 is 9.62 Å². The third-order valence-corrected chi connectivity index (χ3v) is 8.43. The summed E-state index contributed by atoms with van der Waals surface area (Å²) < 4.78 is 27.9. The minimum atomic E-state index is -3.68. The molecule has 0 bridgehead atoms. The molecule has 196 valence electrons. The summed E-state index contributed by atoms with van der Waals surface area (Å²) in [6.45, 7) is 9.91. The van der Waals surface area contributed by atoms with Crippen molar-refractivity contribution in [2.75, 3.05) is 10.8 Å². The quantitative estimate of drug-likeness (QED) is 0.463. The van der Waals surface area contributed by atoms with E-state index in [1.807, 2.05) is 70.2 Å². The summed E-state index contributed by atoms with van der Waals surface area (Å²) in [5, 5.41) is 4.56. The Bertz CT molecular complexity index is 1420. The Labute approximate surface area is 219 Å². The van der Waals surface area contributed by atoms with Gasteiger partial charge in [0.1, 0.15) is 6.04 Å². The van der Waals surface area contributed by atoms with Crippen LogP contribution in [0.25, 0.3) is 10.8 Å². The van der Waals surface area contributed by atoms with Crippen molar-refractivity contribution in [3.05, 3.63) is 71.8 Å². The van der Waals surface area contributed by atoms with Gasteiger partial charge in [-0.15, -0.1) is 0 Å². The minimum Gasteiger partial charge on any atom is -0.350 e. The number of aryl methyl sites for hydroxylation is 1. The smallest absolute Gasteiger partial charge is 0.265 e. The summed E-state index contributed by atoms with van der Waals surface area (Å²) in [6.07, 6.45) is 0.456. The number of amides is 2. The van der Waals surface area contributed by atoms with Crippen LogP contribution in [0.1, 0.15) is 51.7 Å².